The minimum Gasteiger partial charge on any atom is -0.200 e. The fourth-order valence-electron chi connectivity index (χ4n) is 2.71. The van der Waals surface area contributed by atoms with Crippen molar-refractivity contribution in [2.24, 2.45) is 7.05 Å². The van der Waals surface area contributed by atoms with Crippen molar-refractivity contribution in [2.45, 2.75) is 20.6 Å². The number of nitrogens with zero attached hydrogens (tertiary/aromatic N) is 1. The molecule has 0 aliphatic rings. The van der Waals surface area contributed by atoms with Crippen molar-refractivity contribution in [3.05, 3.63) is 77.5 Å². The summed E-state index contributed by atoms with van der Waals surface area (Å²) in [5, 5.41) is 0. The summed E-state index contributed by atoms with van der Waals surface area (Å²) in [4.78, 5) is 0. The molecule has 0 bridgehead atoms. The highest BCUT2D eigenvalue weighted by molar-refractivity contribution is 5.67. The Labute approximate surface area is 141 Å². The third kappa shape index (κ3) is 2.80. The number of hydrogen-bond donors (Lipinski definition) is 0. The van der Waals surface area contributed by atoms with Crippen LogP contribution in [0.2, 0.25) is 0 Å². The van der Waals surface area contributed by atoms with E-state index in [1.54, 1.807) is 12.1 Å². The molecule has 1 aromatic heterocycles. The van der Waals surface area contributed by atoms with Crippen LogP contribution in [-0.4, -0.2) is 0 Å². The van der Waals surface area contributed by atoms with E-state index < -0.39 is 13.7 Å². The van der Waals surface area contributed by atoms with Gasteiger partial charge in [-0.25, -0.2) is 4.57 Å². The third-order valence-electron chi connectivity index (χ3n) is 3.82. The molecule has 0 fully saturated rings. The Bertz CT molecular complexity index is 986. The maximum Gasteiger partial charge on any atom is 0.212 e. The van der Waals surface area contributed by atoms with Gasteiger partial charge in [-0.3, -0.25) is 0 Å². The summed E-state index contributed by atoms with van der Waals surface area (Å²) < 4.78 is 48.1. The van der Waals surface area contributed by atoms with E-state index in [2.05, 4.69) is 0 Å². The second kappa shape index (κ2) is 5.76. The highest BCUT2D eigenvalue weighted by Gasteiger charge is 2.13. The van der Waals surface area contributed by atoms with Crippen molar-refractivity contribution in [3.8, 4) is 22.4 Å². The van der Waals surface area contributed by atoms with E-state index in [0.29, 0.717) is 5.56 Å². The number of benzene rings is 2. The molecule has 0 N–H and O–H groups in total. The van der Waals surface area contributed by atoms with Crippen LogP contribution in [0.5, 0.6) is 0 Å². The number of pyridine rings is 1. The quantitative estimate of drug-likeness (QED) is 0.599. The molecule has 0 atom stereocenters. The van der Waals surface area contributed by atoms with Crippen molar-refractivity contribution in [2.75, 3.05) is 0 Å². The fraction of sp³-hybridized carbons (Fsp3) is 0.190. The van der Waals surface area contributed by atoms with Crippen LogP contribution in [0.1, 0.15) is 24.9 Å². The predicted molar refractivity (Wildman–Crippen MR) is 92.7 cm³/mol. The topological polar surface area (TPSA) is 3.88 Å². The average Bonchev–Trinajstić information content (AvgIpc) is 2.60. The van der Waals surface area contributed by atoms with E-state index in [1.807, 2.05) is 61.1 Å². The molecule has 2 aromatic carbocycles. The second-order valence-electron chi connectivity index (χ2n) is 5.53. The molecular formula is C21H22N+. The van der Waals surface area contributed by atoms with Crippen LogP contribution in [-0.2, 0) is 7.05 Å². The van der Waals surface area contributed by atoms with Gasteiger partial charge in [-0.05, 0) is 43.9 Å². The Hall–Kier alpha value is -2.41. The molecule has 22 heavy (non-hydrogen) atoms. The number of hydrogen-bond acceptors (Lipinski definition) is 0. The van der Waals surface area contributed by atoms with E-state index in [-0.39, 0.29) is 11.1 Å². The van der Waals surface area contributed by atoms with Gasteiger partial charge in [0.1, 0.15) is 7.05 Å². The van der Waals surface area contributed by atoms with Gasteiger partial charge in [0, 0.05) is 25.4 Å². The first-order valence-electron chi connectivity index (χ1n) is 10.2. The Morgan fingerprint density at radius 3 is 2.23 bits per heavy atom. The van der Waals surface area contributed by atoms with Gasteiger partial charge in [0.2, 0.25) is 5.69 Å². The maximum absolute atomic E-state index is 7.69. The Morgan fingerprint density at radius 2 is 1.59 bits per heavy atom. The second-order valence-corrected chi connectivity index (χ2v) is 5.53. The van der Waals surface area contributed by atoms with Crippen LogP contribution in [0, 0.1) is 20.6 Å². The molecule has 3 rings (SSSR count). The molecule has 0 saturated carbocycles. The third-order valence-corrected chi connectivity index (χ3v) is 3.82. The molecule has 110 valence electrons. The number of rotatable bonds is 2. The van der Waals surface area contributed by atoms with Gasteiger partial charge in [0.25, 0.3) is 0 Å². The smallest absolute Gasteiger partial charge is 0.200 e. The standard InChI is InChI=1S/C21H22N/c1-15-11-16(2)13-19(12-15)18-9-10-21(22(4)14-18)20-8-6-5-7-17(20)3/h5-14H,1-4H3/q+1/i1D3,2D3. The van der Waals surface area contributed by atoms with Crippen LogP contribution >= 0.6 is 0 Å². The summed E-state index contributed by atoms with van der Waals surface area (Å²) in [7, 11) is 1.92. The molecule has 0 unspecified atom stereocenters. The van der Waals surface area contributed by atoms with Crippen LogP contribution < -0.4 is 4.57 Å². The first kappa shape index (κ1) is 8.89. The van der Waals surface area contributed by atoms with Gasteiger partial charge in [0.15, 0.2) is 6.20 Å². The monoisotopic (exact) mass is 294 g/mol. The summed E-state index contributed by atoms with van der Waals surface area (Å²) >= 11 is 0. The summed E-state index contributed by atoms with van der Waals surface area (Å²) in [6, 6.07) is 16.3. The molecule has 1 heteroatoms. The first-order chi connectivity index (χ1) is 13.0. The van der Waals surface area contributed by atoms with E-state index in [1.165, 1.54) is 6.07 Å². The van der Waals surface area contributed by atoms with Crippen LogP contribution in [0.4, 0.5) is 0 Å². The predicted octanol–water partition coefficient (Wildman–Crippen LogP) is 4.77. The Balaban J connectivity index is 2.14. The molecule has 0 amide bonds. The largest absolute Gasteiger partial charge is 0.212 e. The van der Waals surface area contributed by atoms with Crippen molar-refractivity contribution >= 4 is 0 Å². The highest BCUT2D eigenvalue weighted by Crippen LogP contribution is 2.24. The minimum absolute atomic E-state index is 0.0294. The van der Waals surface area contributed by atoms with Gasteiger partial charge >= 0.3 is 0 Å². The van der Waals surface area contributed by atoms with Gasteiger partial charge in [-0.15, -0.1) is 0 Å². The maximum atomic E-state index is 7.69. The average molecular weight is 294 g/mol. The molecule has 0 spiro atoms. The van der Waals surface area contributed by atoms with E-state index in [0.717, 1.165) is 22.4 Å². The van der Waals surface area contributed by atoms with E-state index in [9.17, 15) is 0 Å². The van der Waals surface area contributed by atoms with Gasteiger partial charge in [-0.2, -0.15) is 0 Å². The summed E-state index contributed by atoms with van der Waals surface area (Å²) in [6.45, 7) is -2.70. The van der Waals surface area contributed by atoms with Crippen LogP contribution in [0.15, 0.2) is 60.8 Å². The SMILES string of the molecule is [2H]C([2H])([2H])c1cc(-c2ccc(-c3ccccc3C)[n+](C)c2)cc(C([2H])([2H])[2H])c1. The molecular weight excluding hydrogens is 266 g/mol. The molecule has 3 aromatic rings. The molecule has 0 radical (unpaired) electrons. The van der Waals surface area contributed by atoms with Gasteiger partial charge in [-0.1, -0.05) is 47.5 Å². The van der Waals surface area contributed by atoms with Crippen LogP contribution in [0.3, 0.4) is 0 Å². The van der Waals surface area contributed by atoms with E-state index in [4.69, 9.17) is 8.22 Å². The fourth-order valence-corrected chi connectivity index (χ4v) is 2.71. The normalized spacial score (nSPS) is 15.9. The lowest BCUT2D eigenvalue weighted by Crippen LogP contribution is -2.30. The van der Waals surface area contributed by atoms with E-state index >= 15 is 0 Å². The minimum atomic E-state index is -2.38. The molecule has 0 aliphatic carbocycles. The molecule has 1 heterocycles. The van der Waals surface area contributed by atoms with Gasteiger partial charge in [0.05, 0.1) is 0 Å². The zero-order valence-corrected chi connectivity index (χ0v) is 12.7. The first-order valence-corrected chi connectivity index (χ1v) is 7.19. The summed E-state index contributed by atoms with van der Waals surface area (Å²) in [5.41, 5.74) is 4.67. The Kier molecular flexibility index (Phi) is 2.33. The van der Waals surface area contributed by atoms with Crippen molar-refractivity contribution in [1.29, 1.82) is 0 Å². The Morgan fingerprint density at radius 1 is 0.864 bits per heavy atom. The zero-order chi connectivity index (χ0) is 20.7. The lowest BCUT2D eigenvalue weighted by Gasteiger charge is -2.07. The lowest BCUT2D eigenvalue weighted by molar-refractivity contribution is -0.659. The highest BCUT2D eigenvalue weighted by atomic mass is 14.9. The zero-order valence-electron chi connectivity index (χ0n) is 18.7. The van der Waals surface area contributed by atoms with Crippen molar-refractivity contribution in [1.82, 2.24) is 0 Å². The molecule has 1 nitrogen and oxygen atoms in total. The summed E-state index contributed by atoms with van der Waals surface area (Å²) in [6.07, 6.45) is 1.89. The number of aryl methyl sites for hydroxylation is 4. The van der Waals surface area contributed by atoms with Crippen LogP contribution in [0.25, 0.3) is 22.4 Å². The van der Waals surface area contributed by atoms with Gasteiger partial charge < -0.3 is 0 Å². The number of aromatic nitrogens is 1. The van der Waals surface area contributed by atoms with Crippen molar-refractivity contribution < 1.29 is 12.8 Å². The summed E-state index contributed by atoms with van der Waals surface area (Å²) in [5.74, 6) is 0. The lowest BCUT2D eigenvalue weighted by atomic mass is 10.00. The molecule has 0 aliphatic heterocycles. The van der Waals surface area contributed by atoms with Crippen molar-refractivity contribution in [3.63, 3.8) is 0 Å². The molecule has 0 saturated heterocycles.